The summed E-state index contributed by atoms with van der Waals surface area (Å²) in [5, 5.41) is 0. The number of hydrogen-bond donors (Lipinski definition) is 0. The molecule has 80 valence electrons. The monoisotopic (exact) mass is 203 g/mol. The molecular weight excluding hydrogens is 186 g/mol. The Morgan fingerprint density at radius 2 is 2.13 bits per heavy atom. The number of rotatable bonds is 3. The van der Waals surface area contributed by atoms with Crippen molar-refractivity contribution in [2.45, 2.75) is 19.4 Å². The topological polar surface area (TPSA) is 20.3 Å². The van der Waals surface area contributed by atoms with Crippen LogP contribution >= 0.6 is 0 Å². The smallest absolute Gasteiger partial charge is 0.124 e. The third-order valence-electron chi connectivity index (χ3n) is 2.98. The lowest BCUT2D eigenvalue weighted by Gasteiger charge is -2.30. The van der Waals surface area contributed by atoms with Gasteiger partial charge < -0.3 is 4.79 Å². The molecule has 0 unspecified atom stereocenters. The highest BCUT2D eigenvalue weighted by atomic mass is 16.1. The lowest BCUT2D eigenvalue weighted by atomic mass is 9.99. The van der Waals surface area contributed by atoms with Gasteiger partial charge in [0, 0.05) is 19.0 Å². The number of carbonyl (C=O) groups excluding carboxylic acids is 1. The van der Waals surface area contributed by atoms with E-state index in [9.17, 15) is 4.79 Å². The molecule has 0 N–H and O–H groups in total. The van der Waals surface area contributed by atoms with Gasteiger partial charge in [-0.15, -0.1) is 0 Å². The van der Waals surface area contributed by atoms with E-state index in [1.165, 1.54) is 5.56 Å². The first-order valence-corrected chi connectivity index (χ1v) is 5.60. The fourth-order valence-corrected chi connectivity index (χ4v) is 2.19. The highest BCUT2D eigenvalue weighted by molar-refractivity contribution is 5.53. The van der Waals surface area contributed by atoms with E-state index in [0.29, 0.717) is 0 Å². The first-order valence-electron chi connectivity index (χ1n) is 5.60. The quantitative estimate of drug-likeness (QED) is 0.701. The van der Waals surface area contributed by atoms with Crippen LogP contribution in [0.5, 0.6) is 0 Å². The molecule has 1 aliphatic heterocycles. The largest absolute Gasteiger partial charge is 0.303 e. The number of piperidine rings is 1. The Kier molecular flexibility index (Phi) is 3.51. The highest BCUT2D eigenvalue weighted by Gasteiger charge is 2.18. The van der Waals surface area contributed by atoms with E-state index in [1.54, 1.807) is 0 Å². The van der Waals surface area contributed by atoms with Gasteiger partial charge in [0.15, 0.2) is 0 Å². The van der Waals surface area contributed by atoms with E-state index >= 15 is 0 Å². The zero-order valence-electron chi connectivity index (χ0n) is 8.93. The summed E-state index contributed by atoms with van der Waals surface area (Å²) < 4.78 is 0. The average molecular weight is 203 g/mol. The van der Waals surface area contributed by atoms with Gasteiger partial charge in [-0.2, -0.15) is 0 Å². The molecule has 1 atom stereocenters. The minimum Gasteiger partial charge on any atom is -0.303 e. The number of hydrogen-bond acceptors (Lipinski definition) is 2. The Bertz CT molecular complexity index is 310. The Hall–Kier alpha value is -1.15. The van der Waals surface area contributed by atoms with E-state index in [4.69, 9.17) is 0 Å². The molecule has 1 saturated heterocycles. The number of carbonyl (C=O) groups is 1. The molecule has 0 saturated carbocycles. The van der Waals surface area contributed by atoms with Gasteiger partial charge >= 0.3 is 0 Å². The van der Waals surface area contributed by atoms with Crippen molar-refractivity contribution in [3.8, 4) is 0 Å². The van der Waals surface area contributed by atoms with Crippen LogP contribution in [0.3, 0.4) is 0 Å². The maximum atomic E-state index is 10.7. The van der Waals surface area contributed by atoms with E-state index in [-0.39, 0.29) is 5.92 Å². The van der Waals surface area contributed by atoms with Gasteiger partial charge in [-0.05, 0) is 24.9 Å². The van der Waals surface area contributed by atoms with Crippen LogP contribution in [0.25, 0.3) is 0 Å². The lowest BCUT2D eigenvalue weighted by molar-refractivity contribution is -0.112. The van der Waals surface area contributed by atoms with Crippen molar-refractivity contribution in [1.29, 1.82) is 0 Å². The third kappa shape index (κ3) is 2.90. The van der Waals surface area contributed by atoms with Crippen molar-refractivity contribution in [1.82, 2.24) is 4.90 Å². The fraction of sp³-hybridized carbons (Fsp3) is 0.462. The van der Waals surface area contributed by atoms with Gasteiger partial charge in [-0.25, -0.2) is 0 Å². The zero-order chi connectivity index (χ0) is 10.5. The van der Waals surface area contributed by atoms with E-state index < -0.39 is 0 Å². The van der Waals surface area contributed by atoms with Gasteiger partial charge in [-0.3, -0.25) is 4.90 Å². The molecule has 1 aromatic carbocycles. The molecule has 2 rings (SSSR count). The minimum atomic E-state index is 0.252. The van der Waals surface area contributed by atoms with E-state index in [1.807, 2.05) is 6.07 Å². The zero-order valence-corrected chi connectivity index (χ0v) is 8.93. The molecule has 2 nitrogen and oxygen atoms in total. The standard InChI is InChI=1S/C13H17NO/c15-11-13-7-4-8-14(10-13)9-12-5-2-1-3-6-12/h1-3,5-6,11,13H,4,7-10H2/t13-/m1/s1. The maximum absolute atomic E-state index is 10.7. The molecule has 0 radical (unpaired) electrons. The second kappa shape index (κ2) is 5.08. The predicted octanol–water partition coefficient (Wildman–Crippen LogP) is 2.10. The van der Waals surface area contributed by atoms with Gasteiger partial charge in [0.2, 0.25) is 0 Å². The van der Waals surface area contributed by atoms with Crippen LogP contribution in [0.15, 0.2) is 30.3 Å². The minimum absolute atomic E-state index is 0.252. The van der Waals surface area contributed by atoms with Crippen LogP contribution in [0.1, 0.15) is 18.4 Å². The molecule has 0 bridgehead atoms. The fourth-order valence-electron chi connectivity index (χ4n) is 2.19. The number of benzene rings is 1. The summed E-state index contributed by atoms with van der Waals surface area (Å²) >= 11 is 0. The van der Waals surface area contributed by atoms with Gasteiger partial charge in [0.1, 0.15) is 6.29 Å². The van der Waals surface area contributed by atoms with E-state index in [2.05, 4.69) is 29.2 Å². The number of likely N-dealkylation sites (tertiary alicyclic amines) is 1. The summed E-state index contributed by atoms with van der Waals surface area (Å²) in [6.07, 6.45) is 3.32. The van der Waals surface area contributed by atoms with Crippen molar-refractivity contribution in [2.24, 2.45) is 5.92 Å². The van der Waals surface area contributed by atoms with Crippen LogP contribution in [0, 0.1) is 5.92 Å². The molecule has 15 heavy (non-hydrogen) atoms. The molecular formula is C13H17NO. The summed E-state index contributed by atoms with van der Waals surface area (Å²) in [7, 11) is 0. The van der Waals surface area contributed by atoms with Gasteiger partial charge in [0.05, 0.1) is 0 Å². The van der Waals surface area contributed by atoms with Crippen molar-refractivity contribution >= 4 is 6.29 Å². The summed E-state index contributed by atoms with van der Waals surface area (Å²) in [5.74, 6) is 0.252. The molecule has 2 heteroatoms. The summed E-state index contributed by atoms with van der Waals surface area (Å²) in [6, 6.07) is 10.5. The maximum Gasteiger partial charge on any atom is 0.124 e. The Labute approximate surface area is 90.9 Å². The highest BCUT2D eigenvalue weighted by Crippen LogP contribution is 2.16. The van der Waals surface area contributed by atoms with Crippen LogP contribution < -0.4 is 0 Å². The Balaban J connectivity index is 1.92. The summed E-state index contributed by atoms with van der Waals surface area (Å²) in [6.45, 7) is 3.03. The molecule has 1 fully saturated rings. The molecule has 0 aliphatic carbocycles. The molecule has 0 aromatic heterocycles. The summed E-state index contributed by atoms with van der Waals surface area (Å²) in [5.41, 5.74) is 1.34. The molecule has 0 spiro atoms. The SMILES string of the molecule is O=C[C@@H]1CCCN(Cc2ccccc2)C1. The van der Waals surface area contributed by atoms with E-state index in [0.717, 1.165) is 38.8 Å². The van der Waals surface area contributed by atoms with Crippen LogP contribution in [-0.4, -0.2) is 24.3 Å². The van der Waals surface area contributed by atoms with Crippen molar-refractivity contribution in [2.75, 3.05) is 13.1 Å². The number of nitrogens with zero attached hydrogens (tertiary/aromatic N) is 1. The second-order valence-corrected chi connectivity index (χ2v) is 4.26. The normalized spacial score (nSPS) is 22.5. The lowest BCUT2D eigenvalue weighted by Crippen LogP contribution is -2.35. The van der Waals surface area contributed by atoms with Crippen molar-refractivity contribution in [3.63, 3.8) is 0 Å². The second-order valence-electron chi connectivity index (χ2n) is 4.26. The first kappa shape index (κ1) is 10.4. The first-order chi connectivity index (χ1) is 7.38. The molecule has 0 amide bonds. The van der Waals surface area contributed by atoms with Crippen LogP contribution in [-0.2, 0) is 11.3 Å². The van der Waals surface area contributed by atoms with Crippen molar-refractivity contribution in [3.05, 3.63) is 35.9 Å². The van der Waals surface area contributed by atoms with Gasteiger partial charge in [0.25, 0.3) is 0 Å². The number of aldehydes is 1. The molecule has 1 aliphatic rings. The van der Waals surface area contributed by atoms with Crippen LogP contribution in [0.2, 0.25) is 0 Å². The van der Waals surface area contributed by atoms with Crippen LogP contribution in [0.4, 0.5) is 0 Å². The van der Waals surface area contributed by atoms with Gasteiger partial charge in [-0.1, -0.05) is 30.3 Å². The Morgan fingerprint density at radius 3 is 2.87 bits per heavy atom. The van der Waals surface area contributed by atoms with Crippen molar-refractivity contribution < 1.29 is 4.79 Å². The molecule has 1 heterocycles. The molecule has 1 aromatic rings. The predicted molar refractivity (Wildman–Crippen MR) is 60.5 cm³/mol. The average Bonchev–Trinajstić information content (AvgIpc) is 2.31. The Morgan fingerprint density at radius 1 is 1.33 bits per heavy atom. The third-order valence-corrected chi connectivity index (χ3v) is 2.98. The summed E-state index contributed by atoms with van der Waals surface area (Å²) in [4.78, 5) is 13.1.